The third-order valence-corrected chi connectivity index (χ3v) is 5.85. The molecule has 0 unspecified atom stereocenters. The summed E-state index contributed by atoms with van der Waals surface area (Å²) in [5.74, 6) is 0.836. The first-order valence-corrected chi connectivity index (χ1v) is 10.6. The number of nitrogens with one attached hydrogen (secondary N) is 2. The first-order chi connectivity index (χ1) is 13.2. The first kappa shape index (κ1) is 19.9. The smallest absolute Gasteiger partial charge is 0.191 e. The molecule has 6 heteroatoms. The van der Waals surface area contributed by atoms with Crippen LogP contribution in [0.1, 0.15) is 28.8 Å². The summed E-state index contributed by atoms with van der Waals surface area (Å²) in [5, 5.41) is 18.5. The monoisotopic (exact) mass is 386 g/mol. The minimum atomic E-state index is -0.108. The van der Waals surface area contributed by atoms with Gasteiger partial charge in [0.1, 0.15) is 0 Å². The molecule has 1 aromatic carbocycles. The zero-order valence-electron chi connectivity index (χ0n) is 16.0. The molecule has 2 heterocycles. The van der Waals surface area contributed by atoms with Crippen LogP contribution in [-0.2, 0) is 19.5 Å². The van der Waals surface area contributed by atoms with Crippen molar-refractivity contribution in [3.8, 4) is 0 Å². The second-order valence-electron chi connectivity index (χ2n) is 7.01. The van der Waals surface area contributed by atoms with E-state index in [0.717, 1.165) is 57.9 Å². The van der Waals surface area contributed by atoms with E-state index in [-0.39, 0.29) is 6.10 Å². The van der Waals surface area contributed by atoms with Crippen molar-refractivity contribution in [3.63, 3.8) is 0 Å². The van der Waals surface area contributed by atoms with Crippen LogP contribution in [-0.4, -0.2) is 48.8 Å². The lowest BCUT2D eigenvalue weighted by Gasteiger charge is -2.29. The molecule has 1 fully saturated rings. The molecule has 1 aliphatic rings. The van der Waals surface area contributed by atoms with Crippen molar-refractivity contribution >= 4 is 17.3 Å². The molecular formula is C21H30N4OS. The van der Waals surface area contributed by atoms with E-state index in [9.17, 15) is 5.11 Å². The third-order valence-electron chi connectivity index (χ3n) is 4.91. The summed E-state index contributed by atoms with van der Waals surface area (Å²) in [5.41, 5.74) is 2.57. The van der Waals surface area contributed by atoms with Crippen LogP contribution in [0.2, 0.25) is 0 Å². The number of benzene rings is 1. The Kier molecular flexibility index (Phi) is 7.68. The Hall–Kier alpha value is -1.89. The van der Waals surface area contributed by atoms with E-state index in [1.165, 1.54) is 16.0 Å². The van der Waals surface area contributed by atoms with Gasteiger partial charge in [-0.2, -0.15) is 0 Å². The molecule has 2 aromatic rings. The number of aliphatic hydroxyl groups is 1. The van der Waals surface area contributed by atoms with E-state index >= 15 is 0 Å². The average molecular weight is 387 g/mol. The normalized spacial score (nSPS) is 16.4. The van der Waals surface area contributed by atoms with Crippen molar-refractivity contribution in [1.29, 1.82) is 0 Å². The molecule has 1 aromatic heterocycles. The highest BCUT2D eigenvalue weighted by Crippen LogP contribution is 2.14. The fraction of sp³-hybridized carbons (Fsp3) is 0.476. The molecule has 0 saturated carbocycles. The van der Waals surface area contributed by atoms with Gasteiger partial charge in [0.25, 0.3) is 0 Å². The van der Waals surface area contributed by atoms with Crippen LogP contribution in [0.3, 0.4) is 0 Å². The molecule has 0 aliphatic carbocycles. The highest BCUT2D eigenvalue weighted by Gasteiger charge is 2.16. The van der Waals surface area contributed by atoms with Gasteiger partial charge in [0, 0.05) is 44.6 Å². The third kappa shape index (κ3) is 6.65. The number of thiophene rings is 1. The first-order valence-electron chi connectivity index (χ1n) is 9.68. The fourth-order valence-corrected chi connectivity index (χ4v) is 3.97. The van der Waals surface area contributed by atoms with E-state index in [1.54, 1.807) is 18.4 Å². The molecule has 3 rings (SSSR count). The molecule has 3 N–H and O–H groups in total. The van der Waals surface area contributed by atoms with Crippen molar-refractivity contribution in [3.05, 3.63) is 57.8 Å². The number of rotatable bonds is 7. The molecule has 0 radical (unpaired) electrons. The average Bonchev–Trinajstić information content (AvgIpc) is 3.21. The van der Waals surface area contributed by atoms with Gasteiger partial charge >= 0.3 is 0 Å². The summed E-state index contributed by atoms with van der Waals surface area (Å²) >= 11 is 1.79. The van der Waals surface area contributed by atoms with Gasteiger partial charge in [-0.1, -0.05) is 30.3 Å². The van der Waals surface area contributed by atoms with Crippen LogP contribution in [0.5, 0.6) is 0 Å². The van der Waals surface area contributed by atoms with Crippen molar-refractivity contribution in [1.82, 2.24) is 15.5 Å². The van der Waals surface area contributed by atoms with Crippen molar-refractivity contribution in [2.45, 2.75) is 38.5 Å². The van der Waals surface area contributed by atoms with Crippen LogP contribution >= 0.6 is 11.3 Å². The van der Waals surface area contributed by atoms with E-state index in [1.807, 2.05) is 0 Å². The zero-order chi connectivity index (χ0) is 18.9. The fourth-order valence-electron chi connectivity index (χ4n) is 3.26. The van der Waals surface area contributed by atoms with Crippen molar-refractivity contribution in [2.24, 2.45) is 4.99 Å². The quantitative estimate of drug-likeness (QED) is 0.506. The highest BCUT2D eigenvalue weighted by molar-refractivity contribution is 7.09. The van der Waals surface area contributed by atoms with Gasteiger partial charge in [0.05, 0.1) is 6.10 Å². The van der Waals surface area contributed by atoms with Gasteiger partial charge in [-0.3, -0.25) is 9.89 Å². The lowest BCUT2D eigenvalue weighted by molar-refractivity contribution is 0.0792. The topological polar surface area (TPSA) is 59.9 Å². The van der Waals surface area contributed by atoms with Crippen LogP contribution in [0, 0.1) is 0 Å². The van der Waals surface area contributed by atoms with Crippen LogP contribution < -0.4 is 10.6 Å². The summed E-state index contributed by atoms with van der Waals surface area (Å²) < 4.78 is 0. The molecule has 1 aliphatic heterocycles. The maximum Gasteiger partial charge on any atom is 0.191 e. The molecule has 0 spiro atoms. The SMILES string of the molecule is CN=C(NCCc1cccs1)NCc1ccc(CN2CCC(O)CC2)cc1. The molecule has 27 heavy (non-hydrogen) atoms. The van der Waals surface area contributed by atoms with E-state index in [4.69, 9.17) is 0 Å². The molecule has 5 nitrogen and oxygen atoms in total. The van der Waals surface area contributed by atoms with Gasteiger partial charge in [0.2, 0.25) is 0 Å². The predicted molar refractivity (Wildman–Crippen MR) is 113 cm³/mol. The number of hydrogen-bond acceptors (Lipinski definition) is 4. The maximum absolute atomic E-state index is 9.61. The summed E-state index contributed by atoms with van der Waals surface area (Å²) in [6.07, 6.45) is 2.69. The predicted octanol–water partition coefficient (Wildman–Crippen LogP) is 2.61. The molecule has 0 bridgehead atoms. The Morgan fingerprint density at radius 3 is 2.56 bits per heavy atom. The summed E-state index contributed by atoms with van der Waals surface area (Å²) in [7, 11) is 1.80. The molecule has 146 valence electrons. The number of hydrogen-bond donors (Lipinski definition) is 3. The second kappa shape index (κ2) is 10.4. The number of aliphatic imine (C=N–C) groups is 1. The molecule has 0 amide bonds. The van der Waals surface area contributed by atoms with E-state index in [2.05, 4.69) is 62.3 Å². The summed E-state index contributed by atoms with van der Waals surface area (Å²) in [4.78, 5) is 8.10. The molecule has 0 atom stereocenters. The van der Waals surface area contributed by atoms with Gasteiger partial charge in [-0.25, -0.2) is 0 Å². The van der Waals surface area contributed by atoms with Crippen molar-refractivity contribution < 1.29 is 5.11 Å². The van der Waals surface area contributed by atoms with Gasteiger partial charge in [-0.05, 0) is 41.8 Å². The summed E-state index contributed by atoms with van der Waals surface area (Å²) in [6.45, 7) is 4.57. The Morgan fingerprint density at radius 2 is 1.89 bits per heavy atom. The number of aliphatic hydroxyl groups excluding tert-OH is 1. The number of likely N-dealkylation sites (tertiary alicyclic amines) is 1. The van der Waals surface area contributed by atoms with Gasteiger partial charge < -0.3 is 15.7 Å². The zero-order valence-corrected chi connectivity index (χ0v) is 16.8. The Labute approximate surface area is 166 Å². The van der Waals surface area contributed by atoms with Gasteiger partial charge in [-0.15, -0.1) is 11.3 Å². The largest absolute Gasteiger partial charge is 0.393 e. The Morgan fingerprint density at radius 1 is 1.15 bits per heavy atom. The Bertz CT molecular complexity index is 691. The molecular weight excluding hydrogens is 356 g/mol. The minimum Gasteiger partial charge on any atom is -0.393 e. The number of guanidine groups is 1. The van der Waals surface area contributed by atoms with Crippen LogP contribution in [0.15, 0.2) is 46.8 Å². The number of nitrogens with zero attached hydrogens (tertiary/aromatic N) is 2. The maximum atomic E-state index is 9.61. The lowest BCUT2D eigenvalue weighted by Crippen LogP contribution is -2.37. The summed E-state index contributed by atoms with van der Waals surface area (Å²) in [6, 6.07) is 13.0. The minimum absolute atomic E-state index is 0.108. The van der Waals surface area contributed by atoms with Gasteiger partial charge in [0.15, 0.2) is 5.96 Å². The van der Waals surface area contributed by atoms with Crippen molar-refractivity contribution in [2.75, 3.05) is 26.7 Å². The number of piperidine rings is 1. The van der Waals surface area contributed by atoms with E-state index < -0.39 is 0 Å². The highest BCUT2D eigenvalue weighted by atomic mass is 32.1. The lowest BCUT2D eigenvalue weighted by atomic mass is 10.1. The van der Waals surface area contributed by atoms with Crippen LogP contribution in [0.25, 0.3) is 0 Å². The standard InChI is InChI=1S/C21H30N4OS/c1-22-21(23-11-8-20-3-2-14-27-20)24-15-17-4-6-18(7-5-17)16-25-12-9-19(26)10-13-25/h2-7,14,19,26H,8-13,15-16H2,1H3,(H2,22,23,24). The molecule has 1 saturated heterocycles. The van der Waals surface area contributed by atoms with E-state index in [0.29, 0.717) is 0 Å². The van der Waals surface area contributed by atoms with Crippen LogP contribution in [0.4, 0.5) is 0 Å². The Balaban J connectivity index is 1.39. The second-order valence-corrected chi connectivity index (χ2v) is 8.04.